The second kappa shape index (κ2) is 9.73. The molecule has 2 atom stereocenters. The molecular weight excluding hydrogens is 365 g/mol. The average Bonchev–Trinajstić information content (AvgIpc) is 2.61. The fraction of sp³-hybridized carbons (Fsp3) is 0.409. The van der Waals surface area contributed by atoms with Gasteiger partial charge in [0.15, 0.2) is 0 Å². The van der Waals surface area contributed by atoms with E-state index in [0.717, 1.165) is 29.7 Å². The number of hydrogen-bond donors (Lipinski definition) is 1. The zero-order valence-electron chi connectivity index (χ0n) is 16.5. The molecule has 2 aromatic carbocycles. The highest BCUT2D eigenvalue weighted by atomic mass is 19.4. The summed E-state index contributed by atoms with van der Waals surface area (Å²) in [5.41, 5.74) is 1.18. The van der Waals surface area contributed by atoms with Crippen LogP contribution in [0, 0.1) is 0 Å². The van der Waals surface area contributed by atoms with Gasteiger partial charge in [-0.15, -0.1) is 0 Å². The van der Waals surface area contributed by atoms with E-state index in [-0.39, 0.29) is 24.3 Å². The van der Waals surface area contributed by atoms with Crippen LogP contribution in [0.2, 0.25) is 0 Å². The predicted octanol–water partition coefficient (Wildman–Crippen LogP) is 4.49. The molecule has 0 heterocycles. The van der Waals surface area contributed by atoms with Crippen LogP contribution in [0.15, 0.2) is 54.6 Å². The van der Waals surface area contributed by atoms with Crippen LogP contribution in [0.1, 0.15) is 36.0 Å². The number of amides is 1. The fourth-order valence-electron chi connectivity index (χ4n) is 3.18. The summed E-state index contributed by atoms with van der Waals surface area (Å²) in [6, 6.07) is 14.9. The molecule has 1 N–H and O–H groups in total. The van der Waals surface area contributed by atoms with Crippen molar-refractivity contribution >= 4 is 5.91 Å². The lowest BCUT2D eigenvalue weighted by atomic mass is 9.96. The van der Waals surface area contributed by atoms with Crippen LogP contribution in [0.25, 0.3) is 0 Å². The molecule has 0 aliphatic carbocycles. The normalized spacial score (nSPS) is 14.0. The molecule has 0 radical (unpaired) electrons. The predicted molar refractivity (Wildman–Crippen MR) is 105 cm³/mol. The number of carbonyl (C=O) groups is 1. The van der Waals surface area contributed by atoms with Crippen LogP contribution in [-0.2, 0) is 17.4 Å². The molecule has 0 aromatic heterocycles. The molecule has 28 heavy (non-hydrogen) atoms. The van der Waals surface area contributed by atoms with Gasteiger partial charge in [0.05, 0.1) is 5.56 Å². The van der Waals surface area contributed by atoms with E-state index in [9.17, 15) is 18.0 Å². The molecule has 2 aromatic rings. The van der Waals surface area contributed by atoms with Gasteiger partial charge in [-0.2, -0.15) is 13.2 Å². The quantitative estimate of drug-likeness (QED) is 0.718. The van der Waals surface area contributed by atoms with E-state index >= 15 is 0 Å². The number of rotatable bonds is 8. The van der Waals surface area contributed by atoms with Crippen LogP contribution in [-0.4, -0.2) is 37.5 Å². The molecule has 1 amide bonds. The van der Waals surface area contributed by atoms with E-state index in [4.69, 9.17) is 0 Å². The van der Waals surface area contributed by atoms with Gasteiger partial charge < -0.3 is 10.2 Å². The third kappa shape index (κ3) is 7.00. The lowest BCUT2D eigenvalue weighted by Gasteiger charge is -2.23. The Morgan fingerprint density at radius 3 is 2.18 bits per heavy atom. The Hall–Kier alpha value is -2.34. The zero-order chi connectivity index (χ0) is 20.7. The monoisotopic (exact) mass is 392 g/mol. The zero-order valence-corrected chi connectivity index (χ0v) is 16.5. The van der Waals surface area contributed by atoms with Crippen molar-refractivity contribution in [3.63, 3.8) is 0 Å². The number of halogens is 3. The highest BCUT2D eigenvalue weighted by molar-refractivity contribution is 5.77. The molecule has 0 fully saturated rings. The maximum Gasteiger partial charge on any atom is 0.416 e. The van der Waals surface area contributed by atoms with E-state index in [1.165, 1.54) is 12.1 Å². The largest absolute Gasteiger partial charge is 0.416 e. The molecule has 6 heteroatoms. The van der Waals surface area contributed by atoms with E-state index in [1.54, 1.807) is 0 Å². The number of alkyl halides is 3. The first kappa shape index (κ1) is 22.0. The minimum atomic E-state index is -4.35. The van der Waals surface area contributed by atoms with E-state index in [1.807, 2.05) is 56.3 Å². The first-order valence-corrected chi connectivity index (χ1v) is 9.30. The van der Waals surface area contributed by atoms with Crippen LogP contribution in [0.3, 0.4) is 0 Å². The molecule has 152 valence electrons. The molecule has 0 spiro atoms. The Kier molecular flexibility index (Phi) is 7.63. The van der Waals surface area contributed by atoms with Gasteiger partial charge in [-0.25, -0.2) is 0 Å². The smallest absolute Gasteiger partial charge is 0.352 e. The van der Waals surface area contributed by atoms with Crippen LogP contribution in [0.4, 0.5) is 13.2 Å². The number of hydrogen-bond acceptors (Lipinski definition) is 2. The van der Waals surface area contributed by atoms with Gasteiger partial charge in [-0.3, -0.25) is 4.79 Å². The van der Waals surface area contributed by atoms with E-state index in [0.29, 0.717) is 6.54 Å². The minimum Gasteiger partial charge on any atom is -0.352 e. The summed E-state index contributed by atoms with van der Waals surface area (Å²) in [7, 11) is 3.91. The van der Waals surface area contributed by atoms with Crippen LogP contribution >= 0.6 is 0 Å². The van der Waals surface area contributed by atoms with Gasteiger partial charge in [0, 0.05) is 19.0 Å². The van der Waals surface area contributed by atoms with Gasteiger partial charge in [0.1, 0.15) is 0 Å². The van der Waals surface area contributed by atoms with Gasteiger partial charge >= 0.3 is 6.18 Å². The molecule has 0 bridgehead atoms. The maximum atomic E-state index is 12.7. The average molecular weight is 392 g/mol. The van der Waals surface area contributed by atoms with Gasteiger partial charge in [0.2, 0.25) is 5.91 Å². The first-order chi connectivity index (χ1) is 13.1. The number of likely N-dealkylation sites (N-methyl/N-ethyl adjacent to an activating group) is 1. The Balaban J connectivity index is 1.97. The molecule has 0 aliphatic heterocycles. The fourth-order valence-corrected chi connectivity index (χ4v) is 3.18. The van der Waals surface area contributed by atoms with Crippen molar-refractivity contribution in [1.82, 2.24) is 10.2 Å². The SMILES string of the molecule is CC(CC(=O)NC(Cc1ccccc1)CN(C)C)c1ccc(C(F)(F)F)cc1. The first-order valence-electron chi connectivity index (χ1n) is 9.30. The van der Waals surface area contributed by atoms with Crippen molar-refractivity contribution in [1.29, 1.82) is 0 Å². The van der Waals surface area contributed by atoms with E-state index < -0.39 is 11.7 Å². The molecule has 0 aliphatic rings. The van der Waals surface area contributed by atoms with Crippen molar-refractivity contribution in [3.8, 4) is 0 Å². The molecule has 0 saturated carbocycles. The standard InChI is InChI=1S/C22H27F3N2O/c1-16(18-9-11-19(12-10-18)22(23,24)25)13-21(28)26-20(15-27(2)3)14-17-7-5-4-6-8-17/h4-12,16,20H,13-15H2,1-3H3,(H,26,28). The molecule has 3 nitrogen and oxygen atoms in total. The van der Waals surface area contributed by atoms with Crippen molar-refractivity contribution in [3.05, 3.63) is 71.3 Å². The summed E-state index contributed by atoms with van der Waals surface area (Å²) >= 11 is 0. The van der Waals surface area contributed by atoms with Gasteiger partial charge in [-0.05, 0) is 49.7 Å². The molecule has 0 saturated heterocycles. The third-order valence-corrected chi connectivity index (χ3v) is 4.57. The lowest BCUT2D eigenvalue weighted by Crippen LogP contribution is -2.43. The molecule has 2 unspecified atom stereocenters. The maximum absolute atomic E-state index is 12.7. The highest BCUT2D eigenvalue weighted by Crippen LogP contribution is 2.30. The summed E-state index contributed by atoms with van der Waals surface area (Å²) < 4.78 is 38.1. The van der Waals surface area contributed by atoms with Crippen LogP contribution in [0.5, 0.6) is 0 Å². The summed E-state index contributed by atoms with van der Waals surface area (Å²) in [4.78, 5) is 14.5. The minimum absolute atomic E-state index is 0.0373. The second-order valence-electron chi connectivity index (χ2n) is 7.44. The molecule has 2 rings (SSSR count). The van der Waals surface area contributed by atoms with Gasteiger partial charge in [-0.1, -0.05) is 49.4 Å². The highest BCUT2D eigenvalue weighted by Gasteiger charge is 2.30. The molecular formula is C22H27F3N2O. The summed E-state index contributed by atoms with van der Waals surface area (Å²) in [5.74, 6) is -0.269. The van der Waals surface area contributed by atoms with E-state index in [2.05, 4.69) is 5.32 Å². The second-order valence-corrected chi connectivity index (χ2v) is 7.44. The Morgan fingerprint density at radius 1 is 1.04 bits per heavy atom. The topological polar surface area (TPSA) is 32.3 Å². The summed E-state index contributed by atoms with van der Waals surface area (Å²) in [6.45, 7) is 2.55. The summed E-state index contributed by atoms with van der Waals surface area (Å²) in [5, 5.41) is 3.07. The van der Waals surface area contributed by atoms with Gasteiger partial charge in [0.25, 0.3) is 0 Å². The Labute approximate surface area is 164 Å². The Bertz CT molecular complexity index is 743. The van der Waals surface area contributed by atoms with Crippen molar-refractivity contribution in [2.24, 2.45) is 0 Å². The van der Waals surface area contributed by atoms with Crippen LogP contribution < -0.4 is 5.32 Å². The number of nitrogens with one attached hydrogen (secondary N) is 1. The lowest BCUT2D eigenvalue weighted by molar-refractivity contribution is -0.137. The van der Waals surface area contributed by atoms with Crippen molar-refractivity contribution in [2.75, 3.05) is 20.6 Å². The summed E-state index contributed by atoms with van der Waals surface area (Å²) in [6.07, 6.45) is -3.40. The number of benzene rings is 2. The Morgan fingerprint density at radius 2 is 1.64 bits per heavy atom. The van der Waals surface area contributed by atoms with Crippen molar-refractivity contribution < 1.29 is 18.0 Å². The number of carbonyl (C=O) groups excluding carboxylic acids is 1. The van der Waals surface area contributed by atoms with Crippen molar-refractivity contribution in [2.45, 2.75) is 37.9 Å². The number of nitrogens with zero attached hydrogens (tertiary/aromatic N) is 1. The third-order valence-electron chi connectivity index (χ3n) is 4.57.